The molecule has 1 aliphatic heterocycles. The molecule has 14 heavy (non-hydrogen) atoms. The van der Waals surface area contributed by atoms with Gasteiger partial charge in [-0.2, -0.15) is 0 Å². The second-order valence-electron chi connectivity index (χ2n) is 3.54. The van der Waals surface area contributed by atoms with Crippen LogP contribution in [0.25, 0.3) is 0 Å². The molecule has 1 aromatic rings. The van der Waals surface area contributed by atoms with Crippen LogP contribution in [-0.2, 0) is 6.42 Å². The van der Waals surface area contributed by atoms with E-state index in [1.165, 1.54) is 5.56 Å². The molecule has 1 aliphatic rings. The van der Waals surface area contributed by atoms with Crippen molar-refractivity contribution in [2.45, 2.75) is 18.9 Å². The lowest BCUT2D eigenvalue weighted by Crippen LogP contribution is -2.16. The van der Waals surface area contributed by atoms with E-state index in [9.17, 15) is 0 Å². The highest BCUT2D eigenvalue weighted by molar-refractivity contribution is 5.62. The van der Waals surface area contributed by atoms with E-state index in [1.54, 1.807) is 7.11 Å². The minimum atomic E-state index is 0.230. The van der Waals surface area contributed by atoms with Crippen molar-refractivity contribution in [3.63, 3.8) is 0 Å². The van der Waals surface area contributed by atoms with Crippen molar-refractivity contribution in [3.8, 4) is 5.75 Å². The topological polar surface area (TPSA) is 41.5 Å². The molecule has 0 aromatic heterocycles. The molecule has 1 heterocycles. The summed E-state index contributed by atoms with van der Waals surface area (Å²) in [6.07, 6.45) is 1.73. The lowest BCUT2D eigenvalue weighted by Gasteiger charge is -2.07. The summed E-state index contributed by atoms with van der Waals surface area (Å²) >= 11 is 0. The Bertz CT molecular complexity index is 325. The van der Waals surface area contributed by atoms with Gasteiger partial charge < -0.3 is 15.2 Å². The van der Waals surface area contributed by atoms with E-state index in [1.807, 2.05) is 12.1 Å². The molecular formula is C11H15NO2. The van der Waals surface area contributed by atoms with Gasteiger partial charge in [0.1, 0.15) is 5.75 Å². The molecule has 0 amide bonds. The number of fused-ring (bicyclic) bond motifs is 1. The Morgan fingerprint density at radius 2 is 2.43 bits per heavy atom. The first-order valence-corrected chi connectivity index (χ1v) is 4.88. The molecule has 2 N–H and O–H groups in total. The van der Waals surface area contributed by atoms with Crippen molar-refractivity contribution in [2.24, 2.45) is 0 Å². The molecule has 76 valence electrons. The Morgan fingerprint density at radius 1 is 1.57 bits per heavy atom. The fourth-order valence-electron chi connectivity index (χ4n) is 1.95. The molecule has 3 nitrogen and oxygen atoms in total. The van der Waals surface area contributed by atoms with Crippen molar-refractivity contribution in [2.75, 3.05) is 19.0 Å². The minimum absolute atomic E-state index is 0.230. The summed E-state index contributed by atoms with van der Waals surface area (Å²) in [5.74, 6) is 0.940. The van der Waals surface area contributed by atoms with Crippen molar-refractivity contribution >= 4 is 5.69 Å². The Hall–Kier alpha value is -1.22. The Morgan fingerprint density at radius 3 is 3.14 bits per heavy atom. The second kappa shape index (κ2) is 3.88. The first kappa shape index (κ1) is 9.34. The van der Waals surface area contributed by atoms with Crippen molar-refractivity contribution in [1.29, 1.82) is 0 Å². The smallest absolute Gasteiger partial charge is 0.124 e. The normalized spacial score (nSPS) is 18.9. The third-order valence-corrected chi connectivity index (χ3v) is 2.64. The first-order valence-electron chi connectivity index (χ1n) is 4.88. The number of hydrogen-bond acceptors (Lipinski definition) is 3. The number of nitrogens with one attached hydrogen (secondary N) is 1. The zero-order valence-corrected chi connectivity index (χ0v) is 8.29. The van der Waals surface area contributed by atoms with Gasteiger partial charge in [0, 0.05) is 23.9 Å². The predicted molar refractivity (Wildman–Crippen MR) is 55.8 cm³/mol. The summed E-state index contributed by atoms with van der Waals surface area (Å²) in [5, 5.41) is 12.2. The molecule has 0 saturated carbocycles. The van der Waals surface area contributed by atoms with Crippen LogP contribution in [0.2, 0.25) is 0 Å². The van der Waals surface area contributed by atoms with E-state index in [0.717, 1.165) is 24.3 Å². The van der Waals surface area contributed by atoms with Crippen LogP contribution in [0.4, 0.5) is 5.69 Å². The summed E-state index contributed by atoms with van der Waals surface area (Å²) in [4.78, 5) is 0. The molecule has 3 heteroatoms. The van der Waals surface area contributed by atoms with Gasteiger partial charge in [-0.3, -0.25) is 0 Å². The third kappa shape index (κ3) is 1.55. The fraction of sp³-hybridized carbons (Fsp3) is 0.455. The molecule has 1 aromatic carbocycles. The highest BCUT2D eigenvalue weighted by Gasteiger charge is 2.22. The monoisotopic (exact) mass is 193 g/mol. The van der Waals surface area contributed by atoms with E-state index in [0.29, 0.717) is 6.04 Å². The van der Waals surface area contributed by atoms with Gasteiger partial charge in [0.2, 0.25) is 0 Å². The molecule has 1 atom stereocenters. The summed E-state index contributed by atoms with van der Waals surface area (Å²) in [7, 11) is 1.69. The fourth-order valence-corrected chi connectivity index (χ4v) is 1.95. The molecule has 0 fully saturated rings. The van der Waals surface area contributed by atoms with Gasteiger partial charge >= 0.3 is 0 Å². The maximum atomic E-state index is 8.86. The van der Waals surface area contributed by atoms with Crippen LogP contribution in [0.15, 0.2) is 18.2 Å². The van der Waals surface area contributed by atoms with Crippen LogP contribution in [0.5, 0.6) is 5.75 Å². The highest BCUT2D eigenvalue weighted by atomic mass is 16.5. The van der Waals surface area contributed by atoms with Crippen LogP contribution in [0.3, 0.4) is 0 Å². The van der Waals surface area contributed by atoms with Crippen molar-refractivity contribution in [1.82, 2.24) is 0 Å². The van der Waals surface area contributed by atoms with E-state index < -0.39 is 0 Å². The zero-order chi connectivity index (χ0) is 9.97. The Balaban J connectivity index is 2.21. The highest BCUT2D eigenvalue weighted by Crippen LogP contribution is 2.33. The second-order valence-corrected chi connectivity index (χ2v) is 3.54. The van der Waals surface area contributed by atoms with Gasteiger partial charge in [-0.15, -0.1) is 0 Å². The predicted octanol–water partition coefficient (Wildman–Crippen LogP) is 1.41. The number of aliphatic hydroxyl groups is 1. The molecule has 0 radical (unpaired) electrons. The number of rotatable bonds is 3. The van der Waals surface area contributed by atoms with Crippen molar-refractivity contribution < 1.29 is 9.84 Å². The minimum Gasteiger partial charge on any atom is -0.496 e. The summed E-state index contributed by atoms with van der Waals surface area (Å²) in [6.45, 7) is 0.230. The molecular weight excluding hydrogens is 178 g/mol. The standard InChI is InChI=1S/C11H15NO2/c1-14-11-4-2-3-10-9(11)7-8(12-10)5-6-13/h2-4,8,12-13H,5-7H2,1H3. The third-order valence-electron chi connectivity index (χ3n) is 2.64. The van der Waals surface area contributed by atoms with E-state index >= 15 is 0 Å². The van der Waals surface area contributed by atoms with E-state index in [-0.39, 0.29) is 6.61 Å². The van der Waals surface area contributed by atoms with Gasteiger partial charge in [0.15, 0.2) is 0 Å². The molecule has 2 rings (SSSR count). The quantitative estimate of drug-likeness (QED) is 0.762. The van der Waals surface area contributed by atoms with Crippen LogP contribution >= 0.6 is 0 Å². The van der Waals surface area contributed by atoms with Gasteiger partial charge in [0.05, 0.1) is 7.11 Å². The first-order chi connectivity index (χ1) is 6.85. The molecule has 0 saturated heterocycles. The Labute approximate surface area is 83.7 Å². The summed E-state index contributed by atoms with van der Waals surface area (Å²) in [6, 6.07) is 6.36. The molecule has 0 spiro atoms. The zero-order valence-electron chi connectivity index (χ0n) is 8.29. The molecule has 1 unspecified atom stereocenters. The number of benzene rings is 1. The lowest BCUT2D eigenvalue weighted by atomic mass is 10.1. The number of methoxy groups -OCH3 is 1. The Kier molecular flexibility index (Phi) is 2.59. The van der Waals surface area contributed by atoms with Crippen molar-refractivity contribution in [3.05, 3.63) is 23.8 Å². The SMILES string of the molecule is COc1cccc2c1CC(CCO)N2. The van der Waals surface area contributed by atoms with Gasteiger partial charge in [-0.1, -0.05) is 6.07 Å². The number of anilines is 1. The summed E-state index contributed by atoms with van der Waals surface area (Å²) in [5.41, 5.74) is 2.37. The maximum Gasteiger partial charge on any atom is 0.124 e. The van der Waals surface area contributed by atoms with Gasteiger partial charge in [-0.25, -0.2) is 0 Å². The number of aliphatic hydroxyl groups excluding tert-OH is 1. The van der Waals surface area contributed by atoms with Gasteiger partial charge in [0.25, 0.3) is 0 Å². The number of ether oxygens (including phenoxy) is 1. The van der Waals surface area contributed by atoms with Crippen LogP contribution in [-0.4, -0.2) is 24.9 Å². The number of hydrogen-bond donors (Lipinski definition) is 2. The average molecular weight is 193 g/mol. The maximum absolute atomic E-state index is 8.86. The molecule has 0 bridgehead atoms. The van der Waals surface area contributed by atoms with E-state index in [4.69, 9.17) is 9.84 Å². The van der Waals surface area contributed by atoms with Gasteiger partial charge in [-0.05, 0) is 25.0 Å². The van der Waals surface area contributed by atoms with E-state index in [2.05, 4.69) is 11.4 Å². The molecule has 0 aliphatic carbocycles. The van der Waals surface area contributed by atoms with Crippen LogP contribution in [0, 0.1) is 0 Å². The average Bonchev–Trinajstić information content (AvgIpc) is 2.60. The lowest BCUT2D eigenvalue weighted by molar-refractivity contribution is 0.280. The summed E-state index contributed by atoms with van der Waals surface area (Å²) < 4.78 is 5.28. The van der Waals surface area contributed by atoms with Crippen LogP contribution in [0.1, 0.15) is 12.0 Å². The largest absolute Gasteiger partial charge is 0.496 e. The van der Waals surface area contributed by atoms with Crippen LogP contribution < -0.4 is 10.1 Å².